The van der Waals surface area contributed by atoms with Crippen molar-refractivity contribution in [1.82, 2.24) is 10.2 Å². The lowest BCUT2D eigenvalue weighted by atomic mass is 10.0. The van der Waals surface area contributed by atoms with E-state index in [4.69, 9.17) is 9.47 Å². The van der Waals surface area contributed by atoms with Gasteiger partial charge in [0.25, 0.3) is 10.0 Å². The maximum Gasteiger partial charge on any atom is 0.264 e. The third-order valence-electron chi connectivity index (χ3n) is 7.42. The Morgan fingerprint density at radius 1 is 0.804 bits per heavy atom. The molecule has 1 atom stereocenters. The number of anilines is 1. The quantitative estimate of drug-likeness (QED) is 0.198. The fourth-order valence-corrected chi connectivity index (χ4v) is 6.59. The topological polar surface area (TPSA) is 105 Å². The minimum absolute atomic E-state index is 0.0318. The first-order valence-corrected chi connectivity index (χ1v) is 16.5. The van der Waals surface area contributed by atoms with Crippen LogP contribution in [0.3, 0.4) is 0 Å². The molecule has 10 heteroatoms. The van der Waals surface area contributed by atoms with Crippen LogP contribution in [0, 0.1) is 6.92 Å². The van der Waals surface area contributed by atoms with Crippen LogP contribution in [0.5, 0.6) is 11.5 Å². The van der Waals surface area contributed by atoms with E-state index in [-0.39, 0.29) is 41.2 Å². The zero-order valence-electron chi connectivity index (χ0n) is 26.8. The van der Waals surface area contributed by atoms with Gasteiger partial charge in [-0.15, -0.1) is 0 Å². The average molecular weight is 644 g/mol. The van der Waals surface area contributed by atoms with E-state index >= 15 is 0 Å². The smallest absolute Gasteiger partial charge is 0.264 e. The minimum atomic E-state index is -4.29. The first-order valence-electron chi connectivity index (χ1n) is 15.0. The maximum absolute atomic E-state index is 14.6. The fraction of sp³-hybridized carbons (Fsp3) is 0.278. The molecule has 0 saturated carbocycles. The molecule has 0 bridgehead atoms. The van der Waals surface area contributed by atoms with Crippen molar-refractivity contribution in [2.45, 2.75) is 50.7 Å². The number of carbonyl (C=O) groups excluding carboxylic acids is 2. The molecule has 0 unspecified atom stereocenters. The van der Waals surface area contributed by atoms with Crippen LogP contribution in [-0.4, -0.2) is 58.0 Å². The predicted octanol–water partition coefficient (Wildman–Crippen LogP) is 5.37. The highest BCUT2D eigenvalue weighted by molar-refractivity contribution is 7.92. The number of carbonyl (C=O) groups is 2. The Morgan fingerprint density at radius 3 is 2.09 bits per heavy atom. The molecule has 0 fully saturated rings. The Balaban J connectivity index is 1.83. The molecule has 0 aromatic heterocycles. The normalized spacial score (nSPS) is 11.9. The monoisotopic (exact) mass is 643 g/mol. The summed E-state index contributed by atoms with van der Waals surface area (Å²) in [5.41, 5.74) is 2.86. The SMILES string of the molecule is COc1ccc(S(=O)(=O)N(CC(=O)N(Cc2cccc(C)c2)[C@@H](Cc2ccccc2)C(=O)NC(C)C)c2ccccc2OC)cc1. The van der Waals surface area contributed by atoms with Crippen LogP contribution >= 0.6 is 0 Å². The Hall–Kier alpha value is -4.83. The average Bonchev–Trinajstić information content (AvgIpc) is 3.05. The molecule has 1 N–H and O–H groups in total. The van der Waals surface area contributed by atoms with E-state index in [0.29, 0.717) is 5.75 Å². The van der Waals surface area contributed by atoms with E-state index in [9.17, 15) is 18.0 Å². The Bertz CT molecular complexity index is 1730. The summed E-state index contributed by atoms with van der Waals surface area (Å²) in [7, 11) is -1.36. The number of para-hydroxylation sites is 2. The number of ether oxygens (including phenoxy) is 2. The molecule has 0 spiro atoms. The lowest BCUT2D eigenvalue weighted by Gasteiger charge is -2.34. The number of aryl methyl sites for hydroxylation is 1. The van der Waals surface area contributed by atoms with E-state index < -0.39 is 28.5 Å². The van der Waals surface area contributed by atoms with Gasteiger partial charge < -0.3 is 19.7 Å². The van der Waals surface area contributed by atoms with Crippen LogP contribution < -0.4 is 19.1 Å². The second-order valence-electron chi connectivity index (χ2n) is 11.2. The van der Waals surface area contributed by atoms with Gasteiger partial charge in [-0.1, -0.05) is 72.3 Å². The van der Waals surface area contributed by atoms with Crippen molar-refractivity contribution < 1.29 is 27.5 Å². The molecule has 46 heavy (non-hydrogen) atoms. The Kier molecular flexibility index (Phi) is 11.4. The van der Waals surface area contributed by atoms with Gasteiger partial charge in [-0.3, -0.25) is 13.9 Å². The molecule has 242 valence electrons. The van der Waals surface area contributed by atoms with Gasteiger partial charge in [-0.05, 0) is 68.3 Å². The molecule has 0 heterocycles. The molecule has 9 nitrogen and oxygen atoms in total. The van der Waals surface area contributed by atoms with Crippen molar-refractivity contribution in [2.75, 3.05) is 25.1 Å². The second-order valence-corrected chi connectivity index (χ2v) is 13.1. The summed E-state index contributed by atoms with van der Waals surface area (Å²) < 4.78 is 40.4. The standard InChI is InChI=1S/C36H41N3O6S/c1-26(2)37-36(41)33(23-28-13-7-6-8-14-28)38(24-29-15-11-12-27(3)22-29)35(40)25-39(32-16-9-10-17-34(32)45-5)46(42,43)31-20-18-30(44-4)19-21-31/h6-22,26,33H,23-25H2,1-5H3,(H,37,41)/t33-/m0/s1. The predicted molar refractivity (Wildman–Crippen MR) is 179 cm³/mol. The van der Waals surface area contributed by atoms with E-state index in [1.54, 1.807) is 36.4 Å². The number of nitrogens with one attached hydrogen (secondary N) is 1. The van der Waals surface area contributed by atoms with Gasteiger partial charge >= 0.3 is 0 Å². The number of amides is 2. The molecule has 4 aromatic carbocycles. The van der Waals surface area contributed by atoms with Gasteiger partial charge in [-0.25, -0.2) is 8.42 Å². The van der Waals surface area contributed by atoms with Crippen molar-refractivity contribution in [1.29, 1.82) is 0 Å². The summed E-state index contributed by atoms with van der Waals surface area (Å²) in [6, 6.07) is 28.6. The van der Waals surface area contributed by atoms with Crippen molar-refractivity contribution in [3.05, 3.63) is 120 Å². The summed E-state index contributed by atoms with van der Waals surface area (Å²) in [6.07, 6.45) is 0.233. The highest BCUT2D eigenvalue weighted by Crippen LogP contribution is 2.33. The van der Waals surface area contributed by atoms with Crippen LogP contribution in [0.1, 0.15) is 30.5 Å². The Labute approximate surface area is 271 Å². The van der Waals surface area contributed by atoms with E-state index in [2.05, 4.69) is 5.32 Å². The molecule has 4 rings (SSSR count). The summed E-state index contributed by atoms with van der Waals surface area (Å²) >= 11 is 0. The fourth-order valence-electron chi connectivity index (χ4n) is 5.17. The zero-order chi connectivity index (χ0) is 33.3. The summed E-state index contributed by atoms with van der Waals surface area (Å²) in [5.74, 6) is -0.120. The summed E-state index contributed by atoms with van der Waals surface area (Å²) in [5, 5.41) is 2.97. The van der Waals surface area contributed by atoms with Crippen LogP contribution in [0.2, 0.25) is 0 Å². The third kappa shape index (κ3) is 8.45. The van der Waals surface area contributed by atoms with Crippen LogP contribution in [-0.2, 0) is 32.6 Å². The van der Waals surface area contributed by atoms with Crippen LogP contribution in [0.4, 0.5) is 5.69 Å². The summed E-state index contributed by atoms with van der Waals surface area (Å²) in [6.45, 7) is 5.17. The van der Waals surface area contributed by atoms with Gasteiger partial charge in [0.1, 0.15) is 24.1 Å². The molecule has 0 radical (unpaired) electrons. The first kappa shape index (κ1) is 34.1. The third-order valence-corrected chi connectivity index (χ3v) is 9.19. The van der Waals surface area contributed by atoms with Gasteiger partial charge in [-0.2, -0.15) is 0 Å². The molecule has 0 aliphatic heterocycles. The van der Waals surface area contributed by atoms with E-state index in [1.165, 1.54) is 31.3 Å². The zero-order valence-corrected chi connectivity index (χ0v) is 27.7. The van der Waals surface area contributed by atoms with Crippen molar-refractivity contribution in [3.8, 4) is 11.5 Å². The lowest BCUT2D eigenvalue weighted by Crippen LogP contribution is -2.54. The molecular weight excluding hydrogens is 602 g/mol. The number of benzene rings is 4. The van der Waals surface area contributed by atoms with Crippen LogP contribution in [0.15, 0.2) is 108 Å². The van der Waals surface area contributed by atoms with Crippen molar-refractivity contribution in [3.63, 3.8) is 0 Å². The molecule has 0 aliphatic rings. The van der Waals surface area contributed by atoms with Gasteiger partial charge in [0.2, 0.25) is 11.8 Å². The van der Waals surface area contributed by atoms with Gasteiger partial charge in [0.15, 0.2) is 0 Å². The highest BCUT2D eigenvalue weighted by atomic mass is 32.2. The largest absolute Gasteiger partial charge is 0.497 e. The number of rotatable bonds is 14. The van der Waals surface area contributed by atoms with Gasteiger partial charge in [0.05, 0.1) is 24.8 Å². The number of methoxy groups -OCH3 is 2. The number of nitrogens with zero attached hydrogens (tertiary/aromatic N) is 2. The molecular formula is C36H41N3O6S. The lowest BCUT2D eigenvalue weighted by molar-refractivity contribution is -0.140. The first-order chi connectivity index (χ1) is 22.0. The number of hydrogen-bond acceptors (Lipinski definition) is 6. The maximum atomic E-state index is 14.6. The van der Waals surface area contributed by atoms with E-state index in [1.807, 2.05) is 75.4 Å². The molecule has 0 saturated heterocycles. The Morgan fingerprint density at radius 2 is 1.46 bits per heavy atom. The second kappa shape index (κ2) is 15.4. The molecule has 4 aromatic rings. The molecule has 0 aliphatic carbocycles. The van der Waals surface area contributed by atoms with E-state index in [0.717, 1.165) is 21.0 Å². The number of sulfonamides is 1. The van der Waals surface area contributed by atoms with Crippen molar-refractivity contribution >= 4 is 27.5 Å². The van der Waals surface area contributed by atoms with Crippen LogP contribution in [0.25, 0.3) is 0 Å². The summed E-state index contributed by atoms with van der Waals surface area (Å²) in [4.78, 5) is 29.9. The molecule has 2 amide bonds. The number of hydrogen-bond donors (Lipinski definition) is 1. The highest BCUT2D eigenvalue weighted by Gasteiger charge is 2.35. The van der Waals surface area contributed by atoms with Gasteiger partial charge in [0, 0.05) is 19.0 Å². The minimum Gasteiger partial charge on any atom is -0.497 e. The van der Waals surface area contributed by atoms with Crippen molar-refractivity contribution in [2.24, 2.45) is 0 Å².